The average molecular weight is 343 g/mol. The number of hydrogen-bond acceptors (Lipinski definition) is 3. The Kier molecular flexibility index (Phi) is 8.25. The maximum Gasteiger partial charge on any atom is 0.220 e. The highest BCUT2D eigenvalue weighted by atomic mass is 32.2. The predicted molar refractivity (Wildman–Crippen MR) is 102 cm³/mol. The van der Waals surface area contributed by atoms with Crippen molar-refractivity contribution in [2.75, 3.05) is 19.4 Å². The van der Waals surface area contributed by atoms with E-state index in [1.165, 1.54) is 11.1 Å². The number of carbonyl (C=O) groups excluding carboxylic acids is 1. The van der Waals surface area contributed by atoms with Crippen LogP contribution < -0.4 is 10.1 Å². The number of para-hydroxylation sites is 1. The number of aryl methyl sites for hydroxylation is 1. The number of amides is 1. The van der Waals surface area contributed by atoms with Crippen molar-refractivity contribution in [3.63, 3.8) is 0 Å². The number of carbonyl (C=O) groups is 1. The van der Waals surface area contributed by atoms with Gasteiger partial charge < -0.3 is 10.1 Å². The zero-order valence-corrected chi connectivity index (χ0v) is 15.0. The van der Waals surface area contributed by atoms with Crippen molar-refractivity contribution in [1.29, 1.82) is 0 Å². The fourth-order valence-corrected chi connectivity index (χ4v) is 3.34. The molecule has 0 unspecified atom stereocenters. The summed E-state index contributed by atoms with van der Waals surface area (Å²) in [6, 6.07) is 18.4. The number of nitrogens with one attached hydrogen (secondary N) is 1. The van der Waals surface area contributed by atoms with Crippen LogP contribution in [0, 0.1) is 0 Å². The lowest BCUT2D eigenvalue weighted by Crippen LogP contribution is -2.25. The van der Waals surface area contributed by atoms with Gasteiger partial charge in [-0.3, -0.25) is 4.79 Å². The molecule has 1 amide bonds. The lowest BCUT2D eigenvalue weighted by Gasteiger charge is -2.09. The molecule has 0 heterocycles. The fraction of sp³-hybridized carbons (Fsp3) is 0.350. The van der Waals surface area contributed by atoms with Crippen molar-refractivity contribution >= 4 is 17.7 Å². The Hall–Kier alpha value is -1.94. The van der Waals surface area contributed by atoms with Crippen LogP contribution in [0.1, 0.15) is 24.0 Å². The zero-order valence-electron chi connectivity index (χ0n) is 14.2. The maximum absolute atomic E-state index is 11.8. The first-order valence-electron chi connectivity index (χ1n) is 8.30. The second-order valence-electron chi connectivity index (χ2n) is 5.55. The van der Waals surface area contributed by atoms with E-state index < -0.39 is 0 Å². The summed E-state index contributed by atoms with van der Waals surface area (Å²) in [6.45, 7) is 0.709. The first kappa shape index (κ1) is 18.4. The van der Waals surface area contributed by atoms with Crippen LogP contribution in [0.3, 0.4) is 0 Å². The summed E-state index contributed by atoms with van der Waals surface area (Å²) in [5.41, 5.74) is 2.49. The average Bonchev–Trinajstić information content (AvgIpc) is 2.63. The molecule has 4 heteroatoms. The molecule has 0 fully saturated rings. The minimum Gasteiger partial charge on any atom is -0.496 e. The minimum absolute atomic E-state index is 0.135. The summed E-state index contributed by atoms with van der Waals surface area (Å²) in [6.07, 6.45) is 2.41. The van der Waals surface area contributed by atoms with E-state index in [1.807, 2.05) is 36.4 Å². The molecule has 0 saturated carbocycles. The van der Waals surface area contributed by atoms with E-state index in [-0.39, 0.29) is 5.91 Å². The van der Waals surface area contributed by atoms with Crippen LogP contribution in [0.25, 0.3) is 0 Å². The van der Waals surface area contributed by atoms with Crippen molar-refractivity contribution in [3.8, 4) is 5.75 Å². The lowest BCUT2D eigenvalue weighted by molar-refractivity contribution is -0.120. The first-order valence-corrected chi connectivity index (χ1v) is 9.45. The highest BCUT2D eigenvalue weighted by molar-refractivity contribution is 7.98. The molecule has 2 aromatic rings. The molecule has 0 saturated heterocycles. The molecule has 2 rings (SSSR count). The Morgan fingerprint density at radius 3 is 2.62 bits per heavy atom. The van der Waals surface area contributed by atoms with Crippen molar-refractivity contribution in [2.45, 2.75) is 25.0 Å². The van der Waals surface area contributed by atoms with Gasteiger partial charge in [0, 0.05) is 24.5 Å². The fourth-order valence-electron chi connectivity index (χ4n) is 2.43. The van der Waals surface area contributed by atoms with E-state index in [1.54, 1.807) is 18.9 Å². The van der Waals surface area contributed by atoms with Gasteiger partial charge in [0.1, 0.15) is 5.75 Å². The Labute approximate surface area is 148 Å². The van der Waals surface area contributed by atoms with E-state index in [4.69, 9.17) is 4.74 Å². The van der Waals surface area contributed by atoms with Crippen molar-refractivity contribution in [1.82, 2.24) is 5.32 Å². The molecule has 0 radical (unpaired) electrons. The largest absolute Gasteiger partial charge is 0.496 e. The maximum atomic E-state index is 11.8. The van der Waals surface area contributed by atoms with Crippen molar-refractivity contribution in [2.24, 2.45) is 0 Å². The van der Waals surface area contributed by atoms with E-state index in [2.05, 4.69) is 23.5 Å². The van der Waals surface area contributed by atoms with E-state index in [9.17, 15) is 4.79 Å². The molecular formula is C20H25NO2S. The van der Waals surface area contributed by atoms with Gasteiger partial charge in [-0.2, -0.15) is 11.8 Å². The molecule has 128 valence electrons. The van der Waals surface area contributed by atoms with Gasteiger partial charge in [0.15, 0.2) is 0 Å². The van der Waals surface area contributed by atoms with Gasteiger partial charge in [0.25, 0.3) is 0 Å². The molecule has 0 aliphatic heterocycles. The third kappa shape index (κ3) is 6.67. The summed E-state index contributed by atoms with van der Waals surface area (Å²) < 4.78 is 5.34. The van der Waals surface area contributed by atoms with E-state index in [0.29, 0.717) is 13.0 Å². The molecule has 0 aliphatic carbocycles. The highest BCUT2D eigenvalue weighted by Crippen LogP contribution is 2.18. The van der Waals surface area contributed by atoms with Crippen LogP contribution >= 0.6 is 11.8 Å². The van der Waals surface area contributed by atoms with Gasteiger partial charge in [-0.1, -0.05) is 48.5 Å². The Morgan fingerprint density at radius 1 is 1.08 bits per heavy atom. The Balaban J connectivity index is 1.55. The number of rotatable bonds is 10. The summed E-state index contributed by atoms with van der Waals surface area (Å²) in [5, 5.41) is 3.00. The third-order valence-electron chi connectivity index (χ3n) is 3.72. The second kappa shape index (κ2) is 10.8. The zero-order chi connectivity index (χ0) is 17.0. The minimum atomic E-state index is 0.135. The van der Waals surface area contributed by atoms with Gasteiger partial charge in [-0.25, -0.2) is 0 Å². The van der Waals surface area contributed by atoms with Crippen LogP contribution in [-0.2, 0) is 17.0 Å². The number of benzene rings is 2. The summed E-state index contributed by atoms with van der Waals surface area (Å²) >= 11 is 1.80. The molecule has 0 aliphatic rings. The second-order valence-corrected chi connectivity index (χ2v) is 6.66. The topological polar surface area (TPSA) is 38.3 Å². The summed E-state index contributed by atoms with van der Waals surface area (Å²) in [4.78, 5) is 11.8. The SMILES string of the molecule is COc1ccccc1CCCNC(=O)CCSCc1ccccc1. The van der Waals surface area contributed by atoms with Crippen molar-refractivity contribution in [3.05, 3.63) is 65.7 Å². The van der Waals surface area contributed by atoms with Gasteiger partial charge >= 0.3 is 0 Å². The Bertz CT molecular complexity index is 616. The first-order chi connectivity index (χ1) is 11.8. The highest BCUT2D eigenvalue weighted by Gasteiger charge is 2.03. The van der Waals surface area contributed by atoms with Crippen LogP contribution in [0.2, 0.25) is 0 Å². The third-order valence-corrected chi connectivity index (χ3v) is 4.75. The number of hydrogen-bond donors (Lipinski definition) is 1. The van der Waals surface area contributed by atoms with Crippen LogP contribution in [0.15, 0.2) is 54.6 Å². The molecule has 0 spiro atoms. The van der Waals surface area contributed by atoms with Crippen LogP contribution in [-0.4, -0.2) is 25.3 Å². The van der Waals surface area contributed by atoms with Gasteiger partial charge in [-0.05, 0) is 30.0 Å². The lowest BCUT2D eigenvalue weighted by atomic mass is 10.1. The van der Waals surface area contributed by atoms with Crippen molar-refractivity contribution < 1.29 is 9.53 Å². The summed E-state index contributed by atoms with van der Waals surface area (Å²) in [7, 11) is 1.69. The molecule has 24 heavy (non-hydrogen) atoms. The molecule has 2 aromatic carbocycles. The number of thioether (sulfide) groups is 1. The Morgan fingerprint density at radius 2 is 1.83 bits per heavy atom. The summed E-state index contributed by atoms with van der Waals surface area (Å²) in [5.74, 6) is 2.87. The van der Waals surface area contributed by atoms with Gasteiger partial charge in [0.05, 0.1) is 7.11 Å². The van der Waals surface area contributed by atoms with Gasteiger partial charge in [0.2, 0.25) is 5.91 Å². The monoisotopic (exact) mass is 343 g/mol. The molecular weight excluding hydrogens is 318 g/mol. The number of ether oxygens (including phenoxy) is 1. The smallest absolute Gasteiger partial charge is 0.220 e. The normalized spacial score (nSPS) is 10.4. The van der Waals surface area contributed by atoms with E-state index in [0.717, 1.165) is 30.1 Å². The molecule has 1 N–H and O–H groups in total. The van der Waals surface area contributed by atoms with E-state index >= 15 is 0 Å². The number of methoxy groups -OCH3 is 1. The molecule has 3 nitrogen and oxygen atoms in total. The standard InChI is InChI=1S/C20H25NO2S/c1-23-19-12-6-5-10-18(19)11-7-14-21-20(22)13-15-24-16-17-8-3-2-4-9-17/h2-6,8-10,12H,7,11,13-16H2,1H3,(H,21,22). The molecule has 0 atom stereocenters. The van der Waals surface area contributed by atoms with Crippen LogP contribution in [0.5, 0.6) is 5.75 Å². The predicted octanol–water partition coefficient (Wildman–Crippen LogP) is 4.07. The van der Waals surface area contributed by atoms with Crippen LogP contribution in [0.4, 0.5) is 0 Å². The molecule has 0 bridgehead atoms. The van der Waals surface area contributed by atoms with Gasteiger partial charge in [-0.15, -0.1) is 0 Å². The quantitative estimate of drug-likeness (QED) is 0.661. The molecule has 0 aromatic heterocycles.